The second-order valence-corrected chi connectivity index (χ2v) is 5.00. The van der Waals surface area contributed by atoms with Crippen molar-refractivity contribution in [3.63, 3.8) is 0 Å². The highest BCUT2D eigenvalue weighted by Gasteiger charge is 2.23. The van der Waals surface area contributed by atoms with Gasteiger partial charge in [0.05, 0.1) is 17.6 Å². The van der Waals surface area contributed by atoms with Gasteiger partial charge in [-0.2, -0.15) is 0 Å². The molecule has 100 valence electrons. The molecule has 2 aromatic rings. The Bertz CT molecular complexity index is 581. The van der Waals surface area contributed by atoms with Crippen LogP contribution in [0.15, 0.2) is 24.3 Å². The van der Waals surface area contributed by atoms with E-state index in [2.05, 4.69) is 22.2 Å². The Kier molecular flexibility index (Phi) is 3.21. The van der Waals surface area contributed by atoms with Crippen LogP contribution in [-0.2, 0) is 4.74 Å². The lowest BCUT2D eigenvalue weighted by Crippen LogP contribution is -2.27. The van der Waals surface area contributed by atoms with Crippen molar-refractivity contribution < 1.29 is 4.74 Å². The van der Waals surface area contributed by atoms with Crippen molar-refractivity contribution in [2.45, 2.75) is 19.4 Å². The number of ether oxygens (including phenoxy) is 1. The van der Waals surface area contributed by atoms with E-state index in [1.54, 1.807) is 0 Å². The Morgan fingerprint density at radius 3 is 2.74 bits per heavy atom. The molecule has 0 amide bonds. The molecular formula is C14H18N4O. The summed E-state index contributed by atoms with van der Waals surface area (Å²) in [5, 5.41) is 3.37. The SMILES string of the molecule is CC(Nc1nc2ccccc2nc1N)C1CCOC1. The van der Waals surface area contributed by atoms with Crippen LogP contribution in [0.2, 0.25) is 0 Å². The largest absolute Gasteiger partial charge is 0.381 e. The van der Waals surface area contributed by atoms with Crippen LogP contribution >= 0.6 is 0 Å². The summed E-state index contributed by atoms with van der Waals surface area (Å²) in [6, 6.07) is 8.01. The Labute approximate surface area is 112 Å². The van der Waals surface area contributed by atoms with Crippen LogP contribution in [0, 0.1) is 5.92 Å². The molecule has 1 aromatic heterocycles. The molecule has 1 aromatic carbocycles. The fourth-order valence-corrected chi connectivity index (χ4v) is 2.40. The highest BCUT2D eigenvalue weighted by atomic mass is 16.5. The van der Waals surface area contributed by atoms with E-state index in [1.807, 2.05) is 24.3 Å². The zero-order valence-electron chi connectivity index (χ0n) is 11.0. The van der Waals surface area contributed by atoms with Crippen molar-refractivity contribution >= 4 is 22.7 Å². The Balaban J connectivity index is 1.85. The van der Waals surface area contributed by atoms with E-state index in [4.69, 9.17) is 10.5 Å². The van der Waals surface area contributed by atoms with Crippen molar-refractivity contribution in [1.82, 2.24) is 9.97 Å². The number of hydrogen-bond donors (Lipinski definition) is 2. The zero-order valence-corrected chi connectivity index (χ0v) is 11.0. The molecule has 5 nitrogen and oxygen atoms in total. The van der Waals surface area contributed by atoms with Crippen LogP contribution in [0.3, 0.4) is 0 Å². The van der Waals surface area contributed by atoms with E-state index >= 15 is 0 Å². The Hall–Kier alpha value is -1.88. The number of anilines is 2. The first-order valence-electron chi connectivity index (χ1n) is 6.60. The maximum atomic E-state index is 5.97. The average Bonchev–Trinajstić information content (AvgIpc) is 2.93. The number of benzene rings is 1. The van der Waals surface area contributed by atoms with Crippen molar-refractivity contribution in [3.8, 4) is 0 Å². The molecule has 0 bridgehead atoms. The van der Waals surface area contributed by atoms with Gasteiger partial charge in [0.15, 0.2) is 11.6 Å². The standard InChI is InChI=1S/C14H18N4O/c1-9(10-6-7-19-8-10)16-14-13(15)17-11-4-2-3-5-12(11)18-14/h2-5,9-10H,6-8H2,1H3,(H2,15,17)(H,16,18). The molecule has 1 aliphatic heterocycles. The van der Waals surface area contributed by atoms with Crippen molar-refractivity contribution in [2.24, 2.45) is 5.92 Å². The smallest absolute Gasteiger partial charge is 0.169 e. The molecule has 0 radical (unpaired) electrons. The zero-order chi connectivity index (χ0) is 13.2. The summed E-state index contributed by atoms with van der Waals surface area (Å²) < 4.78 is 5.41. The van der Waals surface area contributed by atoms with Crippen LogP contribution in [0.1, 0.15) is 13.3 Å². The summed E-state index contributed by atoms with van der Waals surface area (Å²) >= 11 is 0. The molecule has 19 heavy (non-hydrogen) atoms. The van der Waals surface area contributed by atoms with Gasteiger partial charge >= 0.3 is 0 Å². The summed E-state index contributed by atoms with van der Waals surface area (Å²) in [7, 11) is 0. The van der Waals surface area contributed by atoms with Gasteiger partial charge in [0, 0.05) is 18.6 Å². The van der Waals surface area contributed by atoms with Gasteiger partial charge in [-0.05, 0) is 25.5 Å². The van der Waals surface area contributed by atoms with Crippen molar-refractivity contribution in [3.05, 3.63) is 24.3 Å². The molecule has 3 rings (SSSR count). The van der Waals surface area contributed by atoms with E-state index in [1.165, 1.54) is 0 Å². The van der Waals surface area contributed by atoms with E-state index in [9.17, 15) is 0 Å². The fraction of sp³-hybridized carbons (Fsp3) is 0.429. The van der Waals surface area contributed by atoms with Gasteiger partial charge < -0.3 is 15.8 Å². The number of para-hydroxylation sites is 2. The number of aromatic nitrogens is 2. The third-order valence-electron chi connectivity index (χ3n) is 3.63. The van der Waals surface area contributed by atoms with Gasteiger partial charge in [-0.25, -0.2) is 9.97 Å². The number of hydrogen-bond acceptors (Lipinski definition) is 5. The van der Waals surface area contributed by atoms with Gasteiger partial charge in [-0.15, -0.1) is 0 Å². The topological polar surface area (TPSA) is 73.1 Å². The van der Waals surface area contributed by atoms with E-state index < -0.39 is 0 Å². The van der Waals surface area contributed by atoms with Crippen LogP contribution in [0.4, 0.5) is 11.6 Å². The minimum absolute atomic E-state index is 0.278. The number of nitrogens with two attached hydrogens (primary N) is 1. The Morgan fingerprint density at radius 2 is 2.05 bits per heavy atom. The second kappa shape index (κ2) is 5.01. The average molecular weight is 258 g/mol. The van der Waals surface area contributed by atoms with Crippen molar-refractivity contribution in [2.75, 3.05) is 24.3 Å². The second-order valence-electron chi connectivity index (χ2n) is 5.00. The molecule has 0 aliphatic carbocycles. The van der Waals surface area contributed by atoms with Gasteiger partial charge in [0.2, 0.25) is 0 Å². The molecule has 1 aliphatic rings. The Morgan fingerprint density at radius 1 is 1.32 bits per heavy atom. The van der Waals surface area contributed by atoms with Gasteiger partial charge in [-0.3, -0.25) is 0 Å². The molecule has 2 atom stereocenters. The molecule has 5 heteroatoms. The van der Waals surface area contributed by atoms with Crippen molar-refractivity contribution in [1.29, 1.82) is 0 Å². The van der Waals surface area contributed by atoms with E-state index in [0.717, 1.165) is 30.7 Å². The molecule has 1 saturated heterocycles. The molecule has 2 heterocycles. The van der Waals surface area contributed by atoms with E-state index in [-0.39, 0.29) is 6.04 Å². The quantitative estimate of drug-likeness (QED) is 0.881. The highest BCUT2D eigenvalue weighted by Crippen LogP contribution is 2.23. The minimum Gasteiger partial charge on any atom is -0.381 e. The van der Waals surface area contributed by atoms with Gasteiger partial charge in [0.1, 0.15) is 0 Å². The number of nitrogens with zero attached hydrogens (tertiary/aromatic N) is 2. The lowest BCUT2D eigenvalue weighted by atomic mass is 10.0. The molecular weight excluding hydrogens is 240 g/mol. The number of nitrogens with one attached hydrogen (secondary N) is 1. The fourth-order valence-electron chi connectivity index (χ4n) is 2.40. The first-order chi connectivity index (χ1) is 9.24. The summed E-state index contributed by atoms with van der Waals surface area (Å²) in [5.74, 6) is 1.62. The maximum Gasteiger partial charge on any atom is 0.169 e. The minimum atomic E-state index is 0.278. The van der Waals surface area contributed by atoms with E-state index in [0.29, 0.717) is 17.6 Å². The molecule has 0 saturated carbocycles. The number of rotatable bonds is 3. The molecule has 0 spiro atoms. The third-order valence-corrected chi connectivity index (χ3v) is 3.63. The summed E-state index contributed by atoms with van der Waals surface area (Å²) in [6.07, 6.45) is 1.08. The first-order valence-corrected chi connectivity index (χ1v) is 6.60. The maximum absolute atomic E-state index is 5.97. The van der Waals surface area contributed by atoms with Gasteiger partial charge in [-0.1, -0.05) is 12.1 Å². The monoisotopic (exact) mass is 258 g/mol. The summed E-state index contributed by atoms with van der Waals surface area (Å²) in [5.41, 5.74) is 7.64. The molecule has 3 N–H and O–H groups in total. The van der Waals surface area contributed by atoms with Crippen LogP contribution in [0.5, 0.6) is 0 Å². The normalized spacial score (nSPS) is 20.6. The molecule has 1 fully saturated rings. The number of nitrogen functional groups attached to an aromatic ring is 1. The lowest BCUT2D eigenvalue weighted by molar-refractivity contribution is 0.183. The third kappa shape index (κ3) is 2.46. The molecule has 2 unspecified atom stereocenters. The first kappa shape index (κ1) is 12.2. The van der Waals surface area contributed by atoms with Crippen LogP contribution in [-0.4, -0.2) is 29.2 Å². The predicted octanol–water partition coefficient (Wildman–Crippen LogP) is 2.05. The van der Waals surface area contributed by atoms with Gasteiger partial charge in [0.25, 0.3) is 0 Å². The predicted molar refractivity (Wildman–Crippen MR) is 76.0 cm³/mol. The number of fused-ring (bicyclic) bond motifs is 1. The summed E-state index contributed by atoms with van der Waals surface area (Å²) in [4.78, 5) is 8.92. The van der Waals surface area contributed by atoms with Crippen LogP contribution in [0.25, 0.3) is 11.0 Å². The highest BCUT2D eigenvalue weighted by molar-refractivity contribution is 5.79. The lowest BCUT2D eigenvalue weighted by Gasteiger charge is -2.20. The summed E-state index contributed by atoms with van der Waals surface area (Å²) in [6.45, 7) is 3.78. The van der Waals surface area contributed by atoms with Crippen LogP contribution < -0.4 is 11.1 Å².